The molecule has 0 saturated heterocycles. The molecule has 0 spiro atoms. The van der Waals surface area contributed by atoms with Gasteiger partial charge in [-0.3, -0.25) is 0 Å². The second-order valence-corrected chi connectivity index (χ2v) is 34.5. The molecular weight excluding hydrogens is 1350 g/mol. The predicted molar refractivity (Wildman–Crippen MR) is 477 cm³/mol. The minimum absolute atomic E-state index is 0.0667. The minimum Gasteiger partial charge on any atom is -0.308 e. The third kappa shape index (κ3) is 9.83. The first-order chi connectivity index (χ1) is 54.2. The summed E-state index contributed by atoms with van der Waals surface area (Å²) in [5, 5.41) is 9.41. The van der Waals surface area contributed by atoms with Crippen LogP contribution in [-0.4, -0.2) is 0 Å². The molecule has 0 atom stereocenters. The van der Waals surface area contributed by atoms with Gasteiger partial charge in [-0.1, -0.05) is 298 Å². The van der Waals surface area contributed by atoms with Crippen molar-refractivity contribution >= 4 is 77.2 Å². The maximum absolute atomic E-state index is 2.63. The monoisotopic (exact) mass is 1440 g/mol. The van der Waals surface area contributed by atoms with Crippen LogP contribution in [0, 0.1) is 27.7 Å². The van der Waals surface area contributed by atoms with Crippen LogP contribution in [0.25, 0.3) is 132 Å². The van der Waals surface area contributed by atoms with E-state index in [1.807, 2.05) is 0 Å². The SMILES string of the molecule is Cc1cc(-c2ccc3c(c2)C(C)(C)c2cc(-c4ccc5c(c4)C(C)(C)c4ccccc4-5)ccc2-3)cc(C)c1N(c1cccc2ccccc12)c1c2ccccc2c(N(c2c(C)cc(-c3ccc4c(c3)C(C)(C)c3cc(-c5ccc6c(c5)C(C)(C)c5ccccc5-6)ccc3-4)cc2C)c2cccc3ccccc23)c2ccccc12. The van der Waals surface area contributed by atoms with Crippen molar-refractivity contribution < 1.29 is 0 Å². The van der Waals surface area contributed by atoms with E-state index < -0.39 is 0 Å². The summed E-state index contributed by atoms with van der Waals surface area (Å²) in [4.78, 5) is 5.26. The molecule has 2 heteroatoms. The fraction of sp³-hybridized carbons (Fsp3) is 0.145. The summed E-state index contributed by atoms with van der Waals surface area (Å²) in [6.07, 6.45) is 0. The molecular formula is C110H88N2. The van der Waals surface area contributed by atoms with Gasteiger partial charge in [-0.2, -0.15) is 0 Å². The van der Waals surface area contributed by atoms with Gasteiger partial charge in [0.25, 0.3) is 0 Å². The Hall–Kier alpha value is -12.6. The lowest BCUT2D eigenvalue weighted by molar-refractivity contribution is 0.659. The second kappa shape index (κ2) is 24.4. The number of nitrogens with zero attached hydrogens (tertiary/aromatic N) is 2. The molecule has 0 aromatic heterocycles. The zero-order valence-corrected chi connectivity index (χ0v) is 65.9. The Morgan fingerprint density at radius 1 is 0.179 bits per heavy atom. The summed E-state index contributed by atoms with van der Waals surface area (Å²) in [5.41, 5.74) is 42.9. The third-order valence-corrected chi connectivity index (χ3v) is 26.6. The van der Waals surface area contributed by atoms with Crippen molar-refractivity contribution in [2.24, 2.45) is 0 Å². The van der Waals surface area contributed by atoms with Gasteiger partial charge in [0.1, 0.15) is 0 Å². The van der Waals surface area contributed by atoms with Crippen LogP contribution in [0.2, 0.25) is 0 Å². The number of hydrogen-bond donors (Lipinski definition) is 0. The number of hydrogen-bond acceptors (Lipinski definition) is 2. The molecule has 538 valence electrons. The molecule has 17 aromatic carbocycles. The quantitative estimate of drug-likeness (QED) is 0.0995. The van der Waals surface area contributed by atoms with Crippen molar-refractivity contribution in [1.82, 2.24) is 0 Å². The molecule has 0 heterocycles. The van der Waals surface area contributed by atoms with E-state index in [0.717, 1.165) is 44.3 Å². The zero-order valence-electron chi connectivity index (χ0n) is 65.9. The molecule has 0 radical (unpaired) electrons. The number of aryl methyl sites for hydroxylation is 4. The molecule has 0 saturated carbocycles. The first kappa shape index (κ1) is 67.5. The molecule has 4 aliphatic carbocycles. The highest BCUT2D eigenvalue weighted by Gasteiger charge is 2.41. The van der Waals surface area contributed by atoms with E-state index >= 15 is 0 Å². The average molecular weight is 1440 g/mol. The standard InChI is InChI=1S/C110H88N2/c1-65-55-77(75-47-53-87-85-51-45-73(61-97(85)109(9,10)99(87)63-75)71-43-49-83-81-33-21-23-39-93(81)107(5,6)95(83)59-71)56-66(2)103(65)111(101-41-25-29-69-27-13-15-31-79(69)101)105-89-35-17-19-37-91(89)106(92-38-20-18-36-90(92)105)112(102-42-26-30-70-28-14-16-32-80(70)102)104-67(3)57-78(58-68(104)4)76-48-54-88-86-52-46-74(62-98(86)110(11,12)100(88)64-76)72-44-50-84-82-34-22-24-40-94(82)108(7,8)96(84)60-72/h13-64H,1-12H3. The van der Waals surface area contributed by atoms with Crippen molar-refractivity contribution in [2.45, 2.75) is 105 Å². The van der Waals surface area contributed by atoms with Gasteiger partial charge in [-0.15, -0.1) is 0 Å². The van der Waals surface area contributed by atoms with Crippen LogP contribution in [0.4, 0.5) is 34.1 Å². The molecule has 0 N–H and O–H groups in total. The molecule has 112 heavy (non-hydrogen) atoms. The third-order valence-electron chi connectivity index (χ3n) is 26.6. The summed E-state index contributed by atoms with van der Waals surface area (Å²) < 4.78 is 0. The van der Waals surface area contributed by atoms with Gasteiger partial charge in [0.2, 0.25) is 0 Å². The average Bonchev–Trinajstić information content (AvgIpc) is 1.51. The Morgan fingerprint density at radius 3 is 0.696 bits per heavy atom. The van der Waals surface area contributed by atoms with Crippen LogP contribution >= 0.6 is 0 Å². The Balaban J connectivity index is 0.676. The highest BCUT2D eigenvalue weighted by molar-refractivity contribution is 6.25. The van der Waals surface area contributed by atoms with E-state index in [9.17, 15) is 0 Å². The fourth-order valence-corrected chi connectivity index (χ4v) is 21.0. The lowest BCUT2D eigenvalue weighted by Gasteiger charge is -2.36. The molecule has 0 bridgehead atoms. The number of rotatable bonds is 10. The molecule has 0 unspecified atom stereocenters. The van der Waals surface area contributed by atoms with E-state index in [0.29, 0.717) is 0 Å². The largest absolute Gasteiger partial charge is 0.308 e. The van der Waals surface area contributed by atoms with Crippen LogP contribution in [-0.2, 0) is 21.7 Å². The number of anilines is 6. The maximum Gasteiger partial charge on any atom is 0.0620 e. The number of fused-ring (bicyclic) bond motifs is 16. The van der Waals surface area contributed by atoms with Crippen LogP contribution in [0.3, 0.4) is 0 Å². The van der Waals surface area contributed by atoms with Crippen molar-refractivity contribution in [2.75, 3.05) is 9.80 Å². The molecule has 0 fully saturated rings. The zero-order chi connectivity index (χ0) is 76.2. The summed E-state index contributed by atoms with van der Waals surface area (Å²) in [7, 11) is 0. The van der Waals surface area contributed by atoms with Crippen molar-refractivity contribution in [3.05, 3.63) is 382 Å². The van der Waals surface area contributed by atoms with Gasteiger partial charge in [0.15, 0.2) is 0 Å². The molecule has 0 amide bonds. The van der Waals surface area contributed by atoms with E-state index in [4.69, 9.17) is 0 Å². The lowest BCUT2D eigenvalue weighted by atomic mass is 9.80. The number of benzene rings is 17. The van der Waals surface area contributed by atoms with Crippen molar-refractivity contribution in [1.29, 1.82) is 0 Å². The van der Waals surface area contributed by atoms with Gasteiger partial charge < -0.3 is 9.80 Å². The molecule has 17 aromatic rings. The summed E-state index contributed by atoms with van der Waals surface area (Å²) in [5.74, 6) is 0. The Bertz CT molecular complexity index is 6420. The Morgan fingerprint density at radius 2 is 0.402 bits per heavy atom. The van der Waals surface area contributed by atoms with Gasteiger partial charge >= 0.3 is 0 Å². The minimum atomic E-state index is -0.227. The van der Waals surface area contributed by atoms with Crippen LogP contribution < -0.4 is 9.80 Å². The topological polar surface area (TPSA) is 6.48 Å². The van der Waals surface area contributed by atoms with Gasteiger partial charge in [-0.05, 0) is 267 Å². The fourth-order valence-electron chi connectivity index (χ4n) is 21.0. The summed E-state index contributed by atoms with van der Waals surface area (Å²) in [6.45, 7) is 28.5. The van der Waals surface area contributed by atoms with Crippen LogP contribution in [0.5, 0.6) is 0 Å². The van der Waals surface area contributed by atoms with Crippen molar-refractivity contribution in [3.8, 4) is 89.0 Å². The highest BCUT2D eigenvalue weighted by Crippen LogP contribution is 2.59. The normalized spacial score (nSPS) is 14.5. The van der Waals surface area contributed by atoms with Gasteiger partial charge in [0, 0.05) is 54.0 Å². The molecule has 0 aliphatic heterocycles. The highest BCUT2D eigenvalue weighted by atomic mass is 15.2. The lowest BCUT2D eigenvalue weighted by Crippen LogP contribution is -2.17. The van der Waals surface area contributed by atoms with Gasteiger partial charge in [-0.25, -0.2) is 0 Å². The molecule has 4 aliphatic rings. The smallest absolute Gasteiger partial charge is 0.0620 e. The van der Waals surface area contributed by atoms with E-state index in [1.54, 1.807) is 0 Å². The Kier molecular flexibility index (Phi) is 14.7. The van der Waals surface area contributed by atoms with Crippen LogP contribution in [0.15, 0.2) is 315 Å². The van der Waals surface area contributed by atoms with Crippen LogP contribution in [0.1, 0.15) is 122 Å². The Labute approximate surface area is 658 Å². The predicted octanol–water partition coefficient (Wildman–Crippen LogP) is 30.4. The van der Waals surface area contributed by atoms with Gasteiger partial charge in [0.05, 0.1) is 34.1 Å². The first-order valence-corrected chi connectivity index (χ1v) is 40.0. The first-order valence-electron chi connectivity index (χ1n) is 40.0. The second-order valence-electron chi connectivity index (χ2n) is 34.5. The van der Waals surface area contributed by atoms with E-state index in [-0.39, 0.29) is 21.7 Å². The summed E-state index contributed by atoms with van der Waals surface area (Å²) >= 11 is 0. The van der Waals surface area contributed by atoms with E-state index in [1.165, 1.54) is 189 Å². The van der Waals surface area contributed by atoms with E-state index in [2.05, 4.69) is 408 Å². The maximum atomic E-state index is 2.63. The summed E-state index contributed by atoms with van der Waals surface area (Å²) in [6, 6.07) is 121. The van der Waals surface area contributed by atoms with Crippen molar-refractivity contribution in [3.63, 3.8) is 0 Å². The molecule has 21 rings (SSSR count). The molecule has 2 nitrogen and oxygen atoms in total.